The Balaban J connectivity index is 1.90. The molecule has 0 aromatic carbocycles. The minimum Gasteiger partial charge on any atom is -0.357 e. The summed E-state index contributed by atoms with van der Waals surface area (Å²) in [5.74, 6) is 1.04. The fourth-order valence-corrected chi connectivity index (χ4v) is 2.59. The van der Waals surface area contributed by atoms with Crippen molar-refractivity contribution in [1.82, 2.24) is 9.47 Å². The second-order valence-electron chi connectivity index (χ2n) is 5.14. The van der Waals surface area contributed by atoms with Crippen molar-refractivity contribution in [2.45, 2.75) is 26.2 Å². The van der Waals surface area contributed by atoms with Gasteiger partial charge in [0, 0.05) is 31.5 Å². The molecule has 0 bridgehead atoms. The van der Waals surface area contributed by atoms with Gasteiger partial charge in [-0.2, -0.15) is 0 Å². The zero-order chi connectivity index (χ0) is 12.3. The van der Waals surface area contributed by atoms with Gasteiger partial charge in [-0.3, -0.25) is 9.69 Å². The predicted octanol–water partition coefficient (Wildman–Crippen LogP) is 2.33. The molecular formula is C14H22N2O. The third-order valence-corrected chi connectivity index (χ3v) is 3.70. The molecule has 1 aromatic heterocycles. The van der Waals surface area contributed by atoms with Gasteiger partial charge < -0.3 is 4.57 Å². The quantitative estimate of drug-likeness (QED) is 0.747. The minimum absolute atomic E-state index is 0.252. The largest absolute Gasteiger partial charge is 0.357 e. The van der Waals surface area contributed by atoms with Crippen molar-refractivity contribution < 1.29 is 4.79 Å². The lowest BCUT2D eigenvalue weighted by atomic mass is 9.95. The molecule has 94 valence electrons. The van der Waals surface area contributed by atoms with Crippen LogP contribution in [0.25, 0.3) is 0 Å². The number of rotatable bonds is 4. The molecule has 0 spiro atoms. The third kappa shape index (κ3) is 3.19. The molecule has 1 saturated heterocycles. The number of likely N-dealkylation sites (tertiary alicyclic amines) is 1. The van der Waals surface area contributed by atoms with Gasteiger partial charge >= 0.3 is 0 Å². The monoisotopic (exact) mass is 234 g/mol. The van der Waals surface area contributed by atoms with Crippen LogP contribution in [-0.2, 0) is 7.05 Å². The zero-order valence-corrected chi connectivity index (χ0v) is 10.9. The molecule has 1 aliphatic rings. The molecule has 2 heterocycles. The van der Waals surface area contributed by atoms with E-state index >= 15 is 0 Å². The number of ketones is 1. The van der Waals surface area contributed by atoms with Gasteiger partial charge in [0.05, 0.1) is 6.54 Å². The molecule has 1 fully saturated rings. The zero-order valence-electron chi connectivity index (χ0n) is 10.9. The van der Waals surface area contributed by atoms with Crippen LogP contribution in [0.4, 0.5) is 0 Å². The molecule has 0 aliphatic carbocycles. The van der Waals surface area contributed by atoms with E-state index in [9.17, 15) is 4.79 Å². The van der Waals surface area contributed by atoms with Crippen LogP contribution in [0.5, 0.6) is 0 Å². The summed E-state index contributed by atoms with van der Waals surface area (Å²) in [6.45, 7) is 5.00. The van der Waals surface area contributed by atoms with Gasteiger partial charge in [0.2, 0.25) is 0 Å². The Kier molecular flexibility index (Phi) is 4.00. The normalized spacial score (nSPS) is 21.6. The van der Waals surface area contributed by atoms with Crippen molar-refractivity contribution in [3.8, 4) is 0 Å². The predicted molar refractivity (Wildman–Crippen MR) is 69.2 cm³/mol. The highest BCUT2D eigenvalue weighted by molar-refractivity contribution is 5.97. The van der Waals surface area contributed by atoms with E-state index in [1.54, 1.807) is 0 Å². The van der Waals surface area contributed by atoms with Crippen molar-refractivity contribution in [2.24, 2.45) is 13.0 Å². The first-order valence-corrected chi connectivity index (χ1v) is 6.56. The summed E-state index contributed by atoms with van der Waals surface area (Å²) in [7, 11) is 1.95. The van der Waals surface area contributed by atoms with Crippen molar-refractivity contribution in [3.05, 3.63) is 24.0 Å². The van der Waals surface area contributed by atoms with Gasteiger partial charge in [0.1, 0.15) is 0 Å². The van der Waals surface area contributed by atoms with Crippen LogP contribution in [0.15, 0.2) is 18.5 Å². The summed E-state index contributed by atoms with van der Waals surface area (Å²) in [6, 6.07) is 1.91. The van der Waals surface area contributed by atoms with E-state index in [-0.39, 0.29) is 5.78 Å². The van der Waals surface area contributed by atoms with Crippen LogP contribution in [-0.4, -0.2) is 34.9 Å². The highest BCUT2D eigenvalue weighted by atomic mass is 16.1. The second kappa shape index (κ2) is 5.50. The van der Waals surface area contributed by atoms with Crippen molar-refractivity contribution in [2.75, 3.05) is 19.6 Å². The number of nitrogens with zero attached hydrogens (tertiary/aromatic N) is 2. The fraction of sp³-hybridized carbons (Fsp3) is 0.643. The topological polar surface area (TPSA) is 25.2 Å². The van der Waals surface area contributed by atoms with E-state index in [2.05, 4.69) is 11.8 Å². The van der Waals surface area contributed by atoms with E-state index in [0.717, 1.165) is 24.6 Å². The number of hydrogen-bond acceptors (Lipinski definition) is 2. The van der Waals surface area contributed by atoms with Crippen LogP contribution in [0.1, 0.15) is 36.5 Å². The van der Waals surface area contributed by atoms with Crippen LogP contribution < -0.4 is 0 Å². The van der Waals surface area contributed by atoms with E-state index < -0.39 is 0 Å². The first-order chi connectivity index (χ1) is 8.19. The maximum atomic E-state index is 12.1. The molecule has 0 N–H and O–H groups in total. The molecule has 0 saturated carbocycles. The summed E-state index contributed by atoms with van der Waals surface area (Å²) in [4.78, 5) is 14.4. The number of hydrogen-bond donors (Lipinski definition) is 0. The second-order valence-corrected chi connectivity index (χ2v) is 5.14. The van der Waals surface area contributed by atoms with E-state index in [0.29, 0.717) is 6.54 Å². The summed E-state index contributed by atoms with van der Waals surface area (Å²) < 4.78 is 1.93. The lowest BCUT2D eigenvalue weighted by molar-refractivity contribution is 0.0884. The Morgan fingerprint density at radius 3 is 3.00 bits per heavy atom. The van der Waals surface area contributed by atoms with Crippen LogP contribution in [0, 0.1) is 5.92 Å². The molecular weight excluding hydrogens is 212 g/mol. The molecule has 17 heavy (non-hydrogen) atoms. The first kappa shape index (κ1) is 12.4. The molecule has 0 radical (unpaired) electrons. The van der Waals surface area contributed by atoms with Crippen LogP contribution in [0.2, 0.25) is 0 Å². The fourth-order valence-electron chi connectivity index (χ4n) is 2.59. The smallest absolute Gasteiger partial charge is 0.178 e. The molecule has 1 aromatic rings. The number of aromatic nitrogens is 1. The van der Waals surface area contributed by atoms with Crippen molar-refractivity contribution in [3.63, 3.8) is 0 Å². The summed E-state index contributed by atoms with van der Waals surface area (Å²) in [6.07, 6.45) is 7.63. The van der Waals surface area contributed by atoms with Crippen molar-refractivity contribution in [1.29, 1.82) is 0 Å². The number of piperidine rings is 1. The van der Waals surface area contributed by atoms with Gasteiger partial charge in [-0.25, -0.2) is 0 Å². The Morgan fingerprint density at radius 2 is 2.35 bits per heavy atom. The molecule has 1 unspecified atom stereocenters. The van der Waals surface area contributed by atoms with Crippen LogP contribution in [0.3, 0.4) is 0 Å². The Morgan fingerprint density at radius 1 is 1.53 bits per heavy atom. The summed E-state index contributed by atoms with van der Waals surface area (Å²) in [5, 5.41) is 0. The Hall–Kier alpha value is -1.09. The average Bonchev–Trinajstić information content (AvgIpc) is 2.76. The third-order valence-electron chi connectivity index (χ3n) is 3.70. The average molecular weight is 234 g/mol. The summed E-state index contributed by atoms with van der Waals surface area (Å²) >= 11 is 0. The van der Waals surface area contributed by atoms with E-state index in [1.807, 2.05) is 30.1 Å². The SMILES string of the molecule is CCC1CCCN(CC(=O)c2ccn(C)c2)C1. The lowest BCUT2D eigenvalue weighted by Crippen LogP contribution is -2.38. The minimum atomic E-state index is 0.252. The molecule has 1 atom stereocenters. The maximum absolute atomic E-state index is 12.1. The van der Waals surface area contributed by atoms with Gasteiger partial charge in [-0.15, -0.1) is 0 Å². The number of carbonyl (C=O) groups is 1. The number of aryl methyl sites for hydroxylation is 1. The van der Waals surface area contributed by atoms with Gasteiger partial charge in [0.15, 0.2) is 5.78 Å². The Labute approximate surface area is 103 Å². The van der Waals surface area contributed by atoms with E-state index in [1.165, 1.54) is 19.3 Å². The number of carbonyl (C=O) groups excluding carboxylic acids is 1. The van der Waals surface area contributed by atoms with Crippen LogP contribution >= 0.6 is 0 Å². The molecule has 3 heteroatoms. The van der Waals surface area contributed by atoms with Gasteiger partial charge in [-0.05, 0) is 31.4 Å². The van der Waals surface area contributed by atoms with E-state index in [4.69, 9.17) is 0 Å². The molecule has 3 nitrogen and oxygen atoms in total. The lowest BCUT2D eigenvalue weighted by Gasteiger charge is -2.31. The highest BCUT2D eigenvalue weighted by Crippen LogP contribution is 2.19. The number of Topliss-reactive ketones (excluding diaryl/α,β-unsaturated/α-hetero) is 1. The highest BCUT2D eigenvalue weighted by Gasteiger charge is 2.20. The molecule has 1 aliphatic heterocycles. The Bertz CT molecular complexity index is 383. The summed E-state index contributed by atoms with van der Waals surface area (Å²) in [5.41, 5.74) is 0.839. The first-order valence-electron chi connectivity index (χ1n) is 6.56. The standard InChI is InChI=1S/C14H22N2O/c1-3-12-5-4-7-16(9-12)11-14(17)13-6-8-15(2)10-13/h6,8,10,12H,3-5,7,9,11H2,1-2H3. The molecule has 2 rings (SSSR count). The molecule has 0 amide bonds. The van der Waals surface area contributed by atoms with Gasteiger partial charge in [-0.1, -0.05) is 13.3 Å². The van der Waals surface area contributed by atoms with Gasteiger partial charge in [0.25, 0.3) is 0 Å². The maximum Gasteiger partial charge on any atom is 0.178 e. The van der Waals surface area contributed by atoms with Crippen molar-refractivity contribution >= 4 is 5.78 Å².